The number of thiophene rings is 1. The number of piperidine rings is 1. The molecule has 1 saturated heterocycles. The van der Waals surface area contributed by atoms with E-state index in [1.165, 1.54) is 4.88 Å². The molecule has 0 radical (unpaired) electrons. The van der Waals surface area contributed by atoms with E-state index in [0.717, 1.165) is 42.4 Å². The van der Waals surface area contributed by atoms with E-state index in [9.17, 15) is 9.59 Å². The lowest BCUT2D eigenvalue weighted by Gasteiger charge is -2.30. The molecule has 0 unspecified atom stereocenters. The van der Waals surface area contributed by atoms with E-state index in [1.807, 2.05) is 60.0 Å². The van der Waals surface area contributed by atoms with Crippen LogP contribution in [0.1, 0.15) is 17.7 Å². The van der Waals surface area contributed by atoms with Crippen molar-refractivity contribution in [2.45, 2.75) is 19.4 Å². The molecule has 1 aromatic heterocycles. The maximum absolute atomic E-state index is 12.5. The minimum Gasteiger partial charge on any atom is -0.351 e. The second-order valence-corrected chi connectivity index (χ2v) is 8.45. The predicted octanol–water partition coefficient (Wildman–Crippen LogP) is 3.87. The molecule has 2 aromatic carbocycles. The number of hydrogen-bond acceptors (Lipinski definition) is 4. The first-order chi connectivity index (χ1) is 14.2. The van der Waals surface area contributed by atoms with Crippen molar-refractivity contribution in [2.75, 3.05) is 25.0 Å². The smallest absolute Gasteiger partial charge is 0.238 e. The highest BCUT2D eigenvalue weighted by atomic mass is 32.1. The van der Waals surface area contributed by atoms with Gasteiger partial charge in [-0.2, -0.15) is 0 Å². The molecule has 4 rings (SSSR count). The van der Waals surface area contributed by atoms with Crippen LogP contribution >= 0.6 is 11.3 Å². The Bertz CT molecular complexity index is 973. The number of hydrogen-bond donors (Lipinski definition) is 2. The lowest BCUT2D eigenvalue weighted by atomic mass is 9.96. The van der Waals surface area contributed by atoms with Gasteiger partial charge in [-0.3, -0.25) is 14.5 Å². The van der Waals surface area contributed by atoms with Crippen LogP contribution in [-0.2, 0) is 16.1 Å². The van der Waals surface area contributed by atoms with Gasteiger partial charge in [0.2, 0.25) is 11.8 Å². The van der Waals surface area contributed by atoms with Crippen LogP contribution in [0.15, 0.2) is 60.0 Å². The summed E-state index contributed by atoms with van der Waals surface area (Å²) in [5.41, 5.74) is 0.843. The summed E-state index contributed by atoms with van der Waals surface area (Å²) in [4.78, 5) is 28.2. The van der Waals surface area contributed by atoms with Crippen molar-refractivity contribution in [3.05, 3.63) is 64.9 Å². The quantitative estimate of drug-likeness (QED) is 0.652. The van der Waals surface area contributed by atoms with Crippen molar-refractivity contribution in [3.8, 4) is 0 Å². The van der Waals surface area contributed by atoms with Gasteiger partial charge >= 0.3 is 0 Å². The SMILES string of the molecule is O=C(CN1CCC(C(=O)NCc2cccs2)CC1)Nc1cccc2ccccc12. The molecule has 1 aliphatic heterocycles. The summed E-state index contributed by atoms with van der Waals surface area (Å²) in [5, 5.41) is 10.3. The van der Waals surface area contributed by atoms with E-state index >= 15 is 0 Å². The lowest BCUT2D eigenvalue weighted by molar-refractivity contribution is -0.126. The summed E-state index contributed by atoms with van der Waals surface area (Å²) in [6, 6.07) is 18.0. The molecule has 0 bridgehead atoms. The highest BCUT2D eigenvalue weighted by molar-refractivity contribution is 7.09. The fourth-order valence-corrected chi connectivity index (χ4v) is 4.46. The molecular formula is C23H25N3O2S. The molecular weight excluding hydrogens is 382 g/mol. The van der Waals surface area contributed by atoms with Crippen molar-refractivity contribution >= 4 is 39.6 Å². The average Bonchev–Trinajstić information content (AvgIpc) is 3.26. The monoisotopic (exact) mass is 407 g/mol. The minimum absolute atomic E-state index is 0.0121. The maximum atomic E-state index is 12.5. The summed E-state index contributed by atoms with van der Waals surface area (Å²) in [6.07, 6.45) is 1.58. The first kappa shape index (κ1) is 19.6. The Balaban J connectivity index is 1.25. The molecule has 0 atom stereocenters. The molecule has 1 aliphatic rings. The number of nitrogens with one attached hydrogen (secondary N) is 2. The number of fused-ring (bicyclic) bond motifs is 1. The fraction of sp³-hybridized carbons (Fsp3) is 0.304. The summed E-state index contributed by atoms with van der Waals surface area (Å²) < 4.78 is 0. The zero-order valence-electron chi connectivity index (χ0n) is 16.3. The Labute approximate surface area is 174 Å². The molecule has 29 heavy (non-hydrogen) atoms. The molecule has 0 spiro atoms. The molecule has 6 heteroatoms. The molecule has 1 fully saturated rings. The van der Waals surface area contributed by atoms with Crippen molar-refractivity contribution in [1.29, 1.82) is 0 Å². The second kappa shape index (κ2) is 9.20. The zero-order chi connectivity index (χ0) is 20.1. The molecule has 0 aliphatic carbocycles. The number of benzene rings is 2. The van der Waals surface area contributed by atoms with Crippen LogP contribution in [0.5, 0.6) is 0 Å². The molecule has 150 valence electrons. The molecule has 0 saturated carbocycles. The summed E-state index contributed by atoms with van der Waals surface area (Å²) in [7, 11) is 0. The predicted molar refractivity (Wildman–Crippen MR) is 118 cm³/mol. The highest BCUT2D eigenvalue weighted by Gasteiger charge is 2.25. The van der Waals surface area contributed by atoms with Crippen LogP contribution in [-0.4, -0.2) is 36.3 Å². The zero-order valence-corrected chi connectivity index (χ0v) is 17.1. The van der Waals surface area contributed by atoms with E-state index < -0.39 is 0 Å². The normalized spacial score (nSPS) is 15.3. The Hall–Kier alpha value is -2.70. The Morgan fingerprint density at radius 1 is 1.00 bits per heavy atom. The number of nitrogens with zero attached hydrogens (tertiary/aromatic N) is 1. The Morgan fingerprint density at radius 2 is 1.79 bits per heavy atom. The number of rotatable bonds is 6. The second-order valence-electron chi connectivity index (χ2n) is 7.42. The first-order valence-electron chi connectivity index (χ1n) is 9.99. The number of amides is 2. The van der Waals surface area contributed by atoms with Gasteiger partial charge in [0.05, 0.1) is 13.1 Å². The lowest BCUT2D eigenvalue weighted by Crippen LogP contribution is -2.43. The number of likely N-dealkylation sites (tertiary alicyclic amines) is 1. The largest absolute Gasteiger partial charge is 0.351 e. The fourth-order valence-electron chi connectivity index (χ4n) is 3.81. The standard InChI is InChI=1S/C23H25N3O2S/c27-22(25-21-9-3-6-17-5-1-2-8-20(17)21)16-26-12-10-18(11-13-26)23(28)24-15-19-7-4-14-29-19/h1-9,14,18H,10-13,15-16H2,(H,24,28)(H,25,27). The van der Waals surface area contributed by atoms with Crippen molar-refractivity contribution < 1.29 is 9.59 Å². The van der Waals surface area contributed by atoms with Gasteiger partial charge in [-0.25, -0.2) is 0 Å². The van der Waals surface area contributed by atoms with Crippen LogP contribution in [0, 0.1) is 5.92 Å². The molecule has 5 nitrogen and oxygen atoms in total. The van der Waals surface area contributed by atoms with Gasteiger partial charge in [-0.15, -0.1) is 11.3 Å². The number of anilines is 1. The van der Waals surface area contributed by atoms with Crippen LogP contribution in [0.3, 0.4) is 0 Å². The van der Waals surface area contributed by atoms with Crippen molar-refractivity contribution in [3.63, 3.8) is 0 Å². The van der Waals surface area contributed by atoms with Gasteiger partial charge in [0.15, 0.2) is 0 Å². The van der Waals surface area contributed by atoms with Crippen LogP contribution in [0.4, 0.5) is 5.69 Å². The summed E-state index contributed by atoms with van der Waals surface area (Å²) in [6.45, 7) is 2.48. The summed E-state index contributed by atoms with van der Waals surface area (Å²) in [5.74, 6) is 0.146. The molecule has 2 amide bonds. The van der Waals surface area contributed by atoms with E-state index in [1.54, 1.807) is 11.3 Å². The van der Waals surface area contributed by atoms with E-state index in [2.05, 4.69) is 15.5 Å². The molecule has 2 heterocycles. The van der Waals surface area contributed by atoms with Gasteiger partial charge in [-0.1, -0.05) is 42.5 Å². The summed E-state index contributed by atoms with van der Waals surface area (Å²) >= 11 is 1.65. The van der Waals surface area contributed by atoms with Crippen molar-refractivity contribution in [1.82, 2.24) is 10.2 Å². The third-order valence-corrected chi connectivity index (χ3v) is 6.28. The van der Waals surface area contributed by atoms with Crippen LogP contribution in [0.2, 0.25) is 0 Å². The van der Waals surface area contributed by atoms with E-state index in [0.29, 0.717) is 13.1 Å². The van der Waals surface area contributed by atoms with Gasteiger partial charge < -0.3 is 10.6 Å². The number of carbonyl (C=O) groups excluding carboxylic acids is 2. The van der Waals surface area contributed by atoms with Crippen LogP contribution in [0.25, 0.3) is 10.8 Å². The third kappa shape index (κ3) is 5.02. The van der Waals surface area contributed by atoms with Gasteiger partial charge in [0, 0.05) is 21.9 Å². The maximum Gasteiger partial charge on any atom is 0.238 e. The highest BCUT2D eigenvalue weighted by Crippen LogP contribution is 2.23. The van der Waals surface area contributed by atoms with Gasteiger partial charge in [0.1, 0.15) is 0 Å². The molecule has 2 N–H and O–H groups in total. The van der Waals surface area contributed by atoms with Gasteiger partial charge in [0.25, 0.3) is 0 Å². The first-order valence-corrected chi connectivity index (χ1v) is 10.9. The molecule has 3 aromatic rings. The van der Waals surface area contributed by atoms with Crippen LogP contribution < -0.4 is 10.6 Å². The Morgan fingerprint density at radius 3 is 2.59 bits per heavy atom. The van der Waals surface area contributed by atoms with Gasteiger partial charge in [-0.05, 0) is 48.8 Å². The number of carbonyl (C=O) groups is 2. The minimum atomic E-state index is -0.0121. The third-order valence-electron chi connectivity index (χ3n) is 5.41. The Kier molecular flexibility index (Phi) is 6.22. The van der Waals surface area contributed by atoms with E-state index in [4.69, 9.17) is 0 Å². The van der Waals surface area contributed by atoms with E-state index in [-0.39, 0.29) is 17.7 Å². The van der Waals surface area contributed by atoms with Crippen molar-refractivity contribution in [2.24, 2.45) is 5.92 Å². The average molecular weight is 408 g/mol. The topological polar surface area (TPSA) is 61.4 Å².